The molecule has 0 aliphatic carbocycles. The molecule has 112 valence electrons. The first kappa shape index (κ1) is 16.9. The Morgan fingerprint density at radius 3 is 2.55 bits per heavy atom. The molecule has 1 rings (SSSR count). The maximum absolute atomic E-state index is 13.5. The number of amides is 1. The summed E-state index contributed by atoms with van der Waals surface area (Å²) in [7, 11) is 0. The Balaban J connectivity index is 2.62. The lowest BCUT2D eigenvalue weighted by Gasteiger charge is -2.14. The normalized spacial score (nSPS) is 13.9. The monoisotopic (exact) mass is 304 g/mol. The van der Waals surface area contributed by atoms with E-state index >= 15 is 0 Å². The van der Waals surface area contributed by atoms with Gasteiger partial charge in [-0.25, -0.2) is 8.78 Å². The molecule has 3 nitrogen and oxygen atoms in total. The van der Waals surface area contributed by atoms with E-state index in [0.717, 1.165) is 18.9 Å². The highest BCUT2D eigenvalue weighted by Crippen LogP contribution is 2.27. The number of hydrogen-bond acceptors (Lipinski definition) is 2. The second-order valence-electron chi connectivity index (χ2n) is 5.04. The molecule has 0 aliphatic rings. The first-order valence-corrected chi connectivity index (χ1v) is 6.90. The Morgan fingerprint density at radius 1 is 1.35 bits per heavy atom. The zero-order chi connectivity index (χ0) is 15.3. The molecule has 0 radical (unpaired) electrons. The summed E-state index contributed by atoms with van der Waals surface area (Å²) >= 11 is 5.72. The molecule has 1 aromatic carbocycles. The molecule has 2 unspecified atom stereocenters. The number of anilines is 1. The van der Waals surface area contributed by atoms with Crippen LogP contribution in [0.15, 0.2) is 12.1 Å². The van der Waals surface area contributed by atoms with E-state index < -0.39 is 11.6 Å². The van der Waals surface area contributed by atoms with Crippen molar-refractivity contribution >= 4 is 23.2 Å². The van der Waals surface area contributed by atoms with Crippen LogP contribution in [0.1, 0.15) is 33.1 Å². The van der Waals surface area contributed by atoms with Crippen molar-refractivity contribution in [2.24, 2.45) is 11.7 Å². The second kappa shape index (κ2) is 7.55. The van der Waals surface area contributed by atoms with Crippen molar-refractivity contribution in [3.05, 3.63) is 28.8 Å². The summed E-state index contributed by atoms with van der Waals surface area (Å²) in [5, 5.41) is 2.25. The van der Waals surface area contributed by atoms with E-state index in [1.54, 1.807) is 6.92 Å². The minimum atomic E-state index is -0.883. The molecule has 0 heterocycles. The van der Waals surface area contributed by atoms with Crippen molar-refractivity contribution in [3.8, 4) is 0 Å². The van der Waals surface area contributed by atoms with Crippen LogP contribution in [0, 0.1) is 17.6 Å². The minimum Gasteiger partial charge on any atom is -0.328 e. The molecule has 0 fully saturated rings. The summed E-state index contributed by atoms with van der Waals surface area (Å²) in [6, 6.07) is 1.73. The zero-order valence-electron chi connectivity index (χ0n) is 11.6. The molecule has 0 spiro atoms. The van der Waals surface area contributed by atoms with Gasteiger partial charge < -0.3 is 11.1 Å². The minimum absolute atomic E-state index is 0.0919. The number of hydrogen-bond donors (Lipinski definition) is 2. The summed E-state index contributed by atoms with van der Waals surface area (Å²) in [4.78, 5) is 11.9. The smallest absolute Gasteiger partial charge is 0.227 e. The molecule has 20 heavy (non-hydrogen) atoms. The maximum Gasteiger partial charge on any atom is 0.227 e. The Bertz CT molecular complexity index is 457. The van der Waals surface area contributed by atoms with Crippen molar-refractivity contribution < 1.29 is 13.6 Å². The fourth-order valence-electron chi connectivity index (χ4n) is 1.79. The second-order valence-corrected chi connectivity index (χ2v) is 5.45. The van der Waals surface area contributed by atoms with E-state index in [-0.39, 0.29) is 28.6 Å². The van der Waals surface area contributed by atoms with E-state index in [0.29, 0.717) is 12.5 Å². The third-order valence-corrected chi connectivity index (χ3v) is 3.30. The van der Waals surface area contributed by atoms with Crippen LogP contribution in [0.3, 0.4) is 0 Å². The van der Waals surface area contributed by atoms with Gasteiger partial charge in [0.25, 0.3) is 0 Å². The summed E-state index contributed by atoms with van der Waals surface area (Å²) < 4.78 is 26.4. The lowest BCUT2D eigenvalue weighted by molar-refractivity contribution is -0.119. The predicted molar refractivity (Wildman–Crippen MR) is 76.7 cm³/mol. The van der Waals surface area contributed by atoms with Gasteiger partial charge in [0.05, 0.1) is 10.7 Å². The highest BCUT2D eigenvalue weighted by molar-refractivity contribution is 6.33. The van der Waals surface area contributed by atoms with Crippen LogP contribution in [-0.4, -0.2) is 11.9 Å². The Hall–Kier alpha value is -1.20. The van der Waals surface area contributed by atoms with Gasteiger partial charge >= 0.3 is 0 Å². The molecular weight excluding hydrogens is 286 g/mol. The van der Waals surface area contributed by atoms with Crippen molar-refractivity contribution in [3.63, 3.8) is 0 Å². The Morgan fingerprint density at radius 2 is 2.00 bits per heavy atom. The van der Waals surface area contributed by atoms with Crippen molar-refractivity contribution in [1.82, 2.24) is 0 Å². The van der Waals surface area contributed by atoms with Crippen LogP contribution >= 0.6 is 11.6 Å². The fourth-order valence-corrected chi connectivity index (χ4v) is 2.03. The van der Waals surface area contributed by atoms with Gasteiger partial charge in [0, 0.05) is 18.0 Å². The van der Waals surface area contributed by atoms with Gasteiger partial charge in [0.1, 0.15) is 5.82 Å². The van der Waals surface area contributed by atoms with Crippen LogP contribution < -0.4 is 11.1 Å². The number of nitrogens with one attached hydrogen (secondary N) is 1. The highest BCUT2D eigenvalue weighted by atomic mass is 35.5. The third kappa shape index (κ3) is 5.06. The highest BCUT2D eigenvalue weighted by Gasteiger charge is 2.17. The van der Waals surface area contributed by atoms with E-state index in [1.165, 1.54) is 0 Å². The quantitative estimate of drug-likeness (QED) is 0.841. The molecule has 0 bridgehead atoms. The topological polar surface area (TPSA) is 55.1 Å². The molecule has 0 saturated carbocycles. The number of rotatable bonds is 6. The van der Waals surface area contributed by atoms with Crippen molar-refractivity contribution in [2.75, 3.05) is 5.32 Å². The van der Waals surface area contributed by atoms with Crippen molar-refractivity contribution in [2.45, 2.75) is 39.2 Å². The SMILES string of the molecule is CC(N)CCCC(C)C(=O)Nc1c(F)cc(F)cc1Cl. The van der Waals surface area contributed by atoms with Gasteiger partial charge in [0.15, 0.2) is 5.82 Å². The van der Waals surface area contributed by atoms with Gasteiger partial charge in [-0.2, -0.15) is 0 Å². The Kier molecular flexibility index (Phi) is 6.36. The maximum atomic E-state index is 13.5. The molecule has 2 atom stereocenters. The van der Waals surface area contributed by atoms with Gasteiger partial charge in [-0.15, -0.1) is 0 Å². The zero-order valence-corrected chi connectivity index (χ0v) is 12.3. The van der Waals surface area contributed by atoms with Gasteiger partial charge in [0.2, 0.25) is 5.91 Å². The molecular formula is C14H19ClF2N2O. The molecule has 0 aromatic heterocycles. The Labute approximate surface area is 122 Å². The standard InChI is InChI=1S/C14H19ClF2N2O/c1-8(4-3-5-9(2)18)14(20)19-13-11(15)6-10(16)7-12(13)17/h6-9H,3-5,18H2,1-2H3,(H,19,20). The van der Waals surface area contributed by atoms with Crippen LogP contribution in [-0.2, 0) is 4.79 Å². The summed E-state index contributed by atoms with van der Waals surface area (Å²) in [5.74, 6) is -2.31. The number of halogens is 3. The van der Waals surface area contributed by atoms with Gasteiger partial charge in [-0.1, -0.05) is 24.9 Å². The van der Waals surface area contributed by atoms with Crippen molar-refractivity contribution in [1.29, 1.82) is 0 Å². The number of carbonyl (C=O) groups excluding carboxylic acids is 1. The fraction of sp³-hybridized carbons (Fsp3) is 0.500. The van der Waals surface area contributed by atoms with Crippen LogP contribution in [0.25, 0.3) is 0 Å². The first-order chi connectivity index (χ1) is 9.31. The number of carbonyl (C=O) groups is 1. The van der Waals surface area contributed by atoms with Crippen LogP contribution in [0.2, 0.25) is 5.02 Å². The molecule has 6 heteroatoms. The summed E-state index contributed by atoms with van der Waals surface area (Å²) in [6.07, 6.45) is 2.28. The van der Waals surface area contributed by atoms with E-state index in [4.69, 9.17) is 17.3 Å². The lowest BCUT2D eigenvalue weighted by atomic mass is 10.0. The largest absolute Gasteiger partial charge is 0.328 e. The summed E-state index contributed by atoms with van der Waals surface area (Å²) in [6.45, 7) is 3.64. The summed E-state index contributed by atoms with van der Waals surface area (Å²) in [5.41, 5.74) is 5.45. The average molecular weight is 305 g/mol. The predicted octanol–water partition coefficient (Wildman–Crippen LogP) is 3.71. The number of nitrogens with two attached hydrogens (primary N) is 1. The molecule has 3 N–H and O–H groups in total. The van der Waals surface area contributed by atoms with Gasteiger partial charge in [-0.3, -0.25) is 4.79 Å². The molecule has 0 aliphatic heterocycles. The van der Waals surface area contributed by atoms with Gasteiger partial charge in [-0.05, 0) is 25.8 Å². The first-order valence-electron chi connectivity index (χ1n) is 6.52. The molecule has 0 saturated heterocycles. The van der Waals surface area contributed by atoms with Crippen LogP contribution in [0.5, 0.6) is 0 Å². The molecule has 1 amide bonds. The average Bonchev–Trinajstić information content (AvgIpc) is 2.32. The van der Waals surface area contributed by atoms with Crippen LogP contribution in [0.4, 0.5) is 14.5 Å². The number of benzene rings is 1. The van der Waals surface area contributed by atoms with E-state index in [2.05, 4.69) is 5.32 Å². The lowest BCUT2D eigenvalue weighted by Crippen LogP contribution is -2.22. The van der Waals surface area contributed by atoms with E-state index in [1.807, 2.05) is 6.92 Å². The molecule has 1 aromatic rings. The van der Waals surface area contributed by atoms with E-state index in [9.17, 15) is 13.6 Å². The third-order valence-electron chi connectivity index (χ3n) is 3.00.